The van der Waals surface area contributed by atoms with Crippen molar-refractivity contribution < 1.29 is 0 Å². The van der Waals surface area contributed by atoms with Crippen LogP contribution in [0.5, 0.6) is 0 Å². The van der Waals surface area contributed by atoms with E-state index in [1.54, 1.807) is 5.57 Å². The van der Waals surface area contributed by atoms with Crippen molar-refractivity contribution in [3.8, 4) is 22.3 Å². The summed E-state index contributed by atoms with van der Waals surface area (Å²) >= 11 is 0. The third-order valence-electron chi connectivity index (χ3n) is 20.8. The van der Waals surface area contributed by atoms with Crippen LogP contribution in [0, 0.1) is 29.6 Å². The van der Waals surface area contributed by atoms with Crippen LogP contribution in [-0.4, -0.2) is 0 Å². The van der Waals surface area contributed by atoms with Crippen molar-refractivity contribution in [2.45, 2.75) is 77.0 Å². The van der Waals surface area contributed by atoms with Gasteiger partial charge in [-0.05, 0) is 187 Å². The molecule has 16 rings (SSSR count). The first-order valence-electron chi connectivity index (χ1n) is 29.3. The molecule has 0 spiro atoms. The fourth-order valence-corrected chi connectivity index (χ4v) is 16.8. The fourth-order valence-electron chi connectivity index (χ4n) is 16.8. The van der Waals surface area contributed by atoms with Gasteiger partial charge in [-0.15, -0.1) is 0 Å². The van der Waals surface area contributed by atoms with Crippen LogP contribution in [0.4, 0.5) is 0 Å². The highest BCUT2D eigenvalue weighted by Crippen LogP contribution is 2.58. The third kappa shape index (κ3) is 6.67. The Balaban J connectivity index is 0.740. The fraction of sp³-hybridized carbons (Fsp3) is 0.215. The summed E-state index contributed by atoms with van der Waals surface area (Å²) < 4.78 is 0. The van der Waals surface area contributed by atoms with Gasteiger partial charge in [0.15, 0.2) is 0 Å². The second kappa shape index (κ2) is 17.0. The zero-order valence-corrected chi connectivity index (χ0v) is 46.4. The van der Waals surface area contributed by atoms with E-state index in [0.29, 0.717) is 17.8 Å². The van der Waals surface area contributed by atoms with Crippen molar-refractivity contribution in [1.29, 1.82) is 0 Å². The van der Waals surface area contributed by atoms with Crippen molar-refractivity contribution >= 4 is 33.4 Å². The molecule has 0 heterocycles. The number of hydrogen-bond donors (Lipinski definition) is 0. The first-order valence-corrected chi connectivity index (χ1v) is 29.3. The van der Waals surface area contributed by atoms with Crippen LogP contribution in [0.1, 0.15) is 105 Å². The average molecular weight is 1020 g/mol. The lowest BCUT2D eigenvalue weighted by Crippen LogP contribution is -2.41. The maximum Gasteiger partial charge on any atom is 0.0159 e. The van der Waals surface area contributed by atoms with Crippen LogP contribution in [0.2, 0.25) is 0 Å². The van der Waals surface area contributed by atoms with Gasteiger partial charge < -0.3 is 0 Å². The second-order valence-corrected chi connectivity index (χ2v) is 25.7. The highest BCUT2D eigenvalue weighted by Gasteiger charge is 2.46. The lowest BCUT2D eigenvalue weighted by atomic mass is 9.66. The molecule has 0 aromatic heterocycles. The molecular formula is C79H66. The topological polar surface area (TPSA) is 0 Å². The number of allylic oxidation sites excluding steroid dienone is 16. The Labute approximate surface area is 466 Å². The molecule has 9 aliphatic rings. The number of rotatable bonds is 5. The van der Waals surface area contributed by atoms with Gasteiger partial charge in [0.2, 0.25) is 0 Å². The summed E-state index contributed by atoms with van der Waals surface area (Å²) in [6, 6.07) is 60.9. The van der Waals surface area contributed by atoms with Crippen LogP contribution in [-0.2, 0) is 16.2 Å². The minimum Gasteiger partial charge on any atom is -0.0761 e. The van der Waals surface area contributed by atoms with E-state index in [1.165, 1.54) is 132 Å². The van der Waals surface area contributed by atoms with Crippen LogP contribution in [0.25, 0.3) is 55.7 Å². The minimum atomic E-state index is -0.122. The Morgan fingerprint density at radius 3 is 1.53 bits per heavy atom. The first-order chi connectivity index (χ1) is 38.5. The summed E-state index contributed by atoms with van der Waals surface area (Å²) in [7, 11) is 0. The van der Waals surface area contributed by atoms with Gasteiger partial charge >= 0.3 is 0 Å². The lowest BCUT2D eigenvalue weighted by Gasteiger charge is -2.37. The Morgan fingerprint density at radius 1 is 0.367 bits per heavy atom. The molecule has 9 aliphatic carbocycles. The van der Waals surface area contributed by atoms with Gasteiger partial charge in [-0.2, -0.15) is 0 Å². The molecule has 0 radical (unpaired) electrons. The SMILES string of the molecule is CC1(C)C2=C(CCC(C3=c4ccccc4=C(c4ccccc4)C4C=CC=CC34)=C2)c2ccc(-c3ccc4c(c3)C(C)(C)C3CC(C5=c6ccccc6=C(c6ccc7c(c6)C(C)(C)c6ccccc6-7)C6C=CC=CC56)=CC=C43)cc21. The minimum absolute atomic E-state index is 0.0472. The maximum atomic E-state index is 2.63. The first kappa shape index (κ1) is 47.0. The predicted molar refractivity (Wildman–Crippen MR) is 331 cm³/mol. The normalized spacial score (nSPS) is 24.2. The van der Waals surface area contributed by atoms with Crippen molar-refractivity contribution in [2.75, 3.05) is 0 Å². The highest BCUT2D eigenvalue weighted by atomic mass is 14.5. The van der Waals surface area contributed by atoms with E-state index in [0.717, 1.165) is 19.3 Å². The molecule has 382 valence electrons. The molecule has 0 saturated carbocycles. The Morgan fingerprint density at radius 2 is 0.861 bits per heavy atom. The van der Waals surface area contributed by atoms with Gasteiger partial charge in [0.05, 0.1) is 0 Å². The largest absolute Gasteiger partial charge is 0.0761 e. The molecule has 0 heteroatoms. The summed E-state index contributed by atoms with van der Waals surface area (Å²) in [6.07, 6.45) is 29.8. The molecule has 0 fully saturated rings. The van der Waals surface area contributed by atoms with E-state index in [4.69, 9.17) is 0 Å². The average Bonchev–Trinajstić information content (AvgIpc) is 4.16. The van der Waals surface area contributed by atoms with E-state index < -0.39 is 0 Å². The molecule has 0 aliphatic heterocycles. The van der Waals surface area contributed by atoms with Gasteiger partial charge in [0, 0.05) is 34.5 Å². The molecule has 0 saturated heterocycles. The summed E-state index contributed by atoms with van der Waals surface area (Å²) in [6.45, 7) is 14.8. The van der Waals surface area contributed by atoms with Crippen LogP contribution >= 0.6 is 0 Å². The molecule has 5 atom stereocenters. The van der Waals surface area contributed by atoms with Crippen molar-refractivity contribution in [3.05, 3.63) is 307 Å². The zero-order chi connectivity index (χ0) is 53.1. The Hall–Kier alpha value is -8.06. The van der Waals surface area contributed by atoms with E-state index in [-0.39, 0.29) is 28.1 Å². The molecule has 0 amide bonds. The zero-order valence-electron chi connectivity index (χ0n) is 46.4. The second-order valence-electron chi connectivity index (χ2n) is 25.7. The summed E-state index contributed by atoms with van der Waals surface area (Å²) in [4.78, 5) is 0. The van der Waals surface area contributed by atoms with Gasteiger partial charge in [0.25, 0.3) is 0 Å². The van der Waals surface area contributed by atoms with Crippen molar-refractivity contribution in [3.63, 3.8) is 0 Å². The Kier molecular flexibility index (Phi) is 10.1. The predicted octanol–water partition coefficient (Wildman–Crippen LogP) is 15.9. The molecule has 7 aromatic carbocycles. The molecule has 5 unspecified atom stereocenters. The lowest BCUT2D eigenvalue weighted by molar-refractivity contribution is 0.409. The molecule has 0 nitrogen and oxygen atoms in total. The number of hydrogen-bond acceptors (Lipinski definition) is 0. The van der Waals surface area contributed by atoms with Gasteiger partial charge in [-0.1, -0.05) is 248 Å². The molecule has 7 aromatic rings. The van der Waals surface area contributed by atoms with Crippen molar-refractivity contribution in [1.82, 2.24) is 0 Å². The van der Waals surface area contributed by atoms with E-state index >= 15 is 0 Å². The number of fused-ring (bicyclic) bond motifs is 12. The summed E-state index contributed by atoms with van der Waals surface area (Å²) in [5.41, 5.74) is 30.0. The van der Waals surface area contributed by atoms with Gasteiger partial charge in [0.1, 0.15) is 0 Å². The quantitative estimate of drug-likeness (QED) is 0.161. The van der Waals surface area contributed by atoms with Gasteiger partial charge in [-0.3, -0.25) is 0 Å². The molecule has 0 N–H and O–H groups in total. The number of benzene rings is 7. The van der Waals surface area contributed by atoms with Crippen LogP contribution in [0.15, 0.2) is 241 Å². The molecular weight excluding hydrogens is 949 g/mol. The Bertz CT molecular complexity index is 4420. The van der Waals surface area contributed by atoms with E-state index in [2.05, 4.69) is 266 Å². The van der Waals surface area contributed by atoms with Crippen LogP contribution in [0.3, 0.4) is 0 Å². The maximum absolute atomic E-state index is 2.63. The summed E-state index contributed by atoms with van der Waals surface area (Å²) in [5, 5.41) is 5.55. The summed E-state index contributed by atoms with van der Waals surface area (Å²) in [5.74, 6) is 1.49. The molecule has 0 bridgehead atoms. The van der Waals surface area contributed by atoms with Crippen LogP contribution < -0.4 is 20.9 Å². The third-order valence-corrected chi connectivity index (χ3v) is 20.8. The van der Waals surface area contributed by atoms with E-state index in [9.17, 15) is 0 Å². The highest BCUT2D eigenvalue weighted by molar-refractivity contribution is 5.92. The van der Waals surface area contributed by atoms with Crippen molar-refractivity contribution in [2.24, 2.45) is 29.6 Å². The van der Waals surface area contributed by atoms with E-state index in [1.807, 2.05) is 0 Å². The monoisotopic (exact) mass is 1010 g/mol. The molecule has 79 heavy (non-hydrogen) atoms. The smallest absolute Gasteiger partial charge is 0.0159 e. The van der Waals surface area contributed by atoms with Gasteiger partial charge in [-0.25, -0.2) is 0 Å². The standard InChI is InChI=1S/C79H66/c1-77(2)67-31-19-18-22-53(67)54-39-34-50(44-70(54)77)75-63-27-14-16-29-65(63)76(66-30-17-15-28-64(66)75)52-36-41-58-56-38-33-49(43-69(56)79(5,6)72(58)46-52)48-32-37-55-57-40-35-51(45-71(57)78(3,4)68(55)42-48)74-61-25-12-10-23-59(61)73(47-20-8-7-9-21-47)60-24-11-13-26-62(60)74/h7-34,36-39,41-45,59,61,63,65,72H,35,40,46H2,1-6H3.